The minimum absolute atomic E-state index is 0.161. The van der Waals surface area contributed by atoms with Crippen molar-refractivity contribution in [3.8, 4) is 0 Å². The zero-order valence-electron chi connectivity index (χ0n) is 8.90. The van der Waals surface area contributed by atoms with Gasteiger partial charge in [0.05, 0.1) is 11.7 Å². The van der Waals surface area contributed by atoms with E-state index in [1.165, 1.54) is 0 Å². The number of hydrogen-bond acceptors (Lipinski definition) is 2. The van der Waals surface area contributed by atoms with Crippen LogP contribution in [0.5, 0.6) is 0 Å². The van der Waals surface area contributed by atoms with Crippen molar-refractivity contribution in [3.63, 3.8) is 0 Å². The Labute approximate surface area is 102 Å². The van der Waals surface area contributed by atoms with E-state index in [4.69, 9.17) is 5.11 Å². The molecule has 1 atom stereocenters. The number of halogens is 1. The summed E-state index contributed by atoms with van der Waals surface area (Å²) in [4.78, 5) is 15.1. The second-order valence-corrected chi connectivity index (χ2v) is 5.04. The SMILES string of the molecule is Cc1cc(Br)cnc1C(NC(=O)O)C1CC1. The zero-order valence-corrected chi connectivity index (χ0v) is 10.5. The molecule has 2 N–H and O–H groups in total. The van der Waals surface area contributed by atoms with Gasteiger partial charge in [-0.2, -0.15) is 0 Å². The highest BCUT2D eigenvalue weighted by molar-refractivity contribution is 9.10. The Morgan fingerprint density at radius 3 is 2.88 bits per heavy atom. The predicted molar refractivity (Wildman–Crippen MR) is 63.3 cm³/mol. The number of aryl methyl sites for hydroxylation is 1. The monoisotopic (exact) mass is 284 g/mol. The van der Waals surface area contributed by atoms with Crippen molar-refractivity contribution in [1.29, 1.82) is 0 Å². The fraction of sp³-hybridized carbons (Fsp3) is 0.455. The molecule has 4 nitrogen and oxygen atoms in total. The molecule has 1 aromatic heterocycles. The van der Waals surface area contributed by atoms with Gasteiger partial charge in [0.1, 0.15) is 0 Å². The predicted octanol–water partition coefficient (Wildman–Crippen LogP) is 2.87. The molecule has 0 aliphatic heterocycles. The van der Waals surface area contributed by atoms with Crippen LogP contribution < -0.4 is 5.32 Å². The molecule has 0 spiro atoms. The van der Waals surface area contributed by atoms with Crippen LogP contribution in [0.15, 0.2) is 16.7 Å². The molecule has 0 saturated heterocycles. The Morgan fingerprint density at radius 1 is 1.69 bits per heavy atom. The number of pyridine rings is 1. The fourth-order valence-electron chi connectivity index (χ4n) is 1.85. The molecule has 1 fully saturated rings. The number of carboxylic acid groups (broad SMARTS) is 1. The van der Waals surface area contributed by atoms with Gasteiger partial charge in [0.15, 0.2) is 0 Å². The first-order valence-electron chi connectivity index (χ1n) is 5.19. The van der Waals surface area contributed by atoms with Gasteiger partial charge in [-0.15, -0.1) is 0 Å². The maximum Gasteiger partial charge on any atom is 0.405 e. The highest BCUT2D eigenvalue weighted by Crippen LogP contribution is 2.41. The van der Waals surface area contributed by atoms with Crippen LogP contribution >= 0.6 is 15.9 Å². The van der Waals surface area contributed by atoms with Crippen molar-refractivity contribution in [2.24, 2.45) is 5.92 Å². The van der Waals surface area contributed by atoms with E-state index in [1.54, 1.807) is 6.20 Å². The van der Waals surface area contributed by atoms with E-state index in [2.05, 4.69) is 26.2 Å². The average molecular weight is 285 g/mol. The Hall–Kier alpha value is -1.10. The first kappa shape index (κ1) is 11.4. The van der Waals surface area contributed by atoms with Crippen molar-refractivity contribution in [1.82, 2.24) is 10.3 Å². The minimum Gasteiger partial charge on any atom is -0.465 e. The van der Waals surface area contributed by atoms with Crippen molar-refractivity contribution in [3.05, 3.63) is 28.0 Å². The molecule has 16 heavy (non-hydrogen) atoms. The van der Waals surface area contributed by atoms with Crippen LogP contribution in [-0.4, -0.2) is 16.2 Å². The lowest BCUT2D eigenvalue weighted by Crippen LogP contribution is -2.29. The van der Waals surface area contributed by atoms with Crippen LogP contribution in [0.1, 0.15) is 30.1 Å². The summed E-state index contributed by atoms with van der Waals surface area (Å²) < 4.78 is 0.915. The molecule has 1 aliphatic rings. The van der Waals surface area contributed by atoms with Gasteiger partial charge >= 0.3 is 6.09 Å². The number of nitrogens with zero attached hydrogens (tertiary/aromatic N) is 1. The van der Waals surface area contributed by atoms with E-state index in [0.717, 1.165) is 28.6 Å². The maximum absolute atomic E-state index is 10.7. The number of rotatable bonds is 3. The fourth-order valence-corrected chi connectivity index (χ4v) is 2.29. The van der Waals surface area contributed by atoms with Crippen LogP contribution in [0.4, 0.5) is 4.79 Å². The van der Waals surface area contributed by atoms with E-state index in [1.807, 2.05) is 13.0 Å². The topological polar surface area (TPSA) is 62.2 Å². The lowest BCUT2D eigenvalue weighted by Gasteiger charge is -2.17. The van der Waals surface area contributed by atoms with E-state index in [0.29, 0.717) is 5.92 Å². The van der Waals surface area contributed by atoms with Crippen LogP contribution in [-0.2, 0) is 0 Å². The summed E-state index contributed by atoms with van der Waals surface area (Å²) >= 11 is 3.35. The number of amides is 1. The van der Waals surface area contributed by atoms with Gasteiger partial charge in [-0.1, -0.05) is 0 Å². The van der Waals surface area contributed by atoms with E-state index >= 15 is 0 Å². The molecular weight excluding hydrogens is 272 g/mol. The summed E-state index contributed by atoms with van der Waals surface area (Å²) in [5.41, 5.74) is 1.85. The lowest BCUT2D eigenvalue weighted by molar-refractivity contribution is 0.188. The largest absolute Gasteiger partial charge is 0.465 e. The van der Waals surface area contributed by atoms with Crippen molar-refractivity contribution in [2.45, 2.75) is 25.8 Å². The van der Waals surface area contributed by atoms with Crippen LogP contribution in [0.3, 0.4) is 0 Å². The third-order valence-corrected chi connectivity index (χ3v) is 3.19. The Balaban J connectivity index is 2.27. The molecule has 2 rings (SSSR count). The molecule has 0 aromatic carbocycles. The third kappa shape index (κ3) is 2.52. The molecule has 1 heterocycles. The van der Waals surface area contributed by atoms with E-state index < -0.39 is 6.09 Å². The minimum atomic E-state index is -0.985. The second-order valence-electron chi connectivity index (χ2n) is 4.12. The van der Waals surface area contributed by atoms with E-state index in [9.17, 15) is 4.79 Å². The molecule has 1 saturated carbocycles. The van der Waals surface area contributed by atoms with Gasteiger partial charge in [0.25, 0.3) is 0 Å². The average Bonchev–Trinajstić information content (AvgIpc) is 2.97. The van der Waals surface area contributed by atoms with Gasteiger partial charge in [0, 0.05) is 10.7 Å². The molecule has 5 heteroatoms. The Kier molecular flexibility index (Phi) is 3.14. The number of hydrogen-bond donors (Lipinski definition) is 2. The summed E-state index contributed by atoms with van der Waals surface area (Å²) in [7, 11) is 0. The molecule has 1 aliphatic carbocycles. The van der Waals surface area contributed by atoms with Crippen LogP contribution in [0.2, 0.25) is 0 Å². The molecule has 1 aromatic rings. The number of aromatic nitrogens is 1. The summed E-state index contributed by atoms with van der Waals surface area (Å²) in [5.74, 6) is 0.406. The maximum atomic E-state index is 10.7. The zero-order chi connectivity index (χ0) is 11.7. The molecule has 1 unspecified atom stereocenters. The number of nitrogens with one attached hydrogen (secondary N) is 1. The first-order valence-corrected chi connectivity index (χ1v) is 5.98. The molecular formula is C11H13BrN2O2. The van der Waals surface area contributed by atoms with Gasteiger partial charge in [-0.25, -0.2) is 4.79 Å². The Morgan fingerprint density at radius 2 is 2.38 bits per heavy atom. The molecule has 0 bridgehead atoms. The molecule has 86 valence electrons. The lowest BCUT2D eigenvalue weighted by atomic mass is 10.0. The smallest absolute Gasteiger partial charge is 0.405 e. The van der Waals surface area contributed by atoms with Gasteiger partial charge in [-0.3, -0.25) is 4.98 Å². The highest BCUT2D eigenvalue weighted by Gasteiger charge is 2.35. The first-order chi connectivity index (χ1) is 7.58. The van der Waals surface area contributed by atoms with Crippen LogP contribution in [0.25, 0.3) is 0 Å². The van der Waals surface area contributed by atoms with Gasteiger partial charge in [-0.05, 0) is 53.2 Å². The van der Waals surface area contributed by atoms with Crippen molar-refractivity contribution in [2.75, 3.05) is 0 Å². The van der Waals surface area contributed by atoms with Gasteiger partial charge in [0.2, 0.25) is 0 Å². The molecule has 0 radical (unpaired) electrons. The van der Waals surface area contributed by atoms with Crippen LogP contribution in [0, 0.1) is 12.8 Å². The normalized spacial score (nSPS) is 16.9. The summed E-state index contributed by atoms with van der Waals surface area (Å²) in [6, 6.07) is 1.80. The van der Waals surface area contributed by atoms with E-state index in [-0.39, 0.29) is 6.04 Å². The summed E-state index contributed by atoms with van der Waals surface area (Å²) in [5, 5.41) is 11.4. The second kappa shape index (κ2) is 4.41. The standard InChI is InChI=1S/C11H13BrN2O2/c1-6-4-8(12)5-13-9(6)10(7-2-3-7)14-11(15)16/h4-5,7,10,14H,2-3H2,1H3,(H,15,16). The highest BCUT2D eigenvalue weighted by atomic mass is 79.9. The third-order valence-electron chi connectivity index (χ3n) is 2.75. The van der Waals surface area contributed by atoms with Crippen molar-refractivity contribution < 1.29 is 9.90 Å². The quantitative estimate of drug-likeness (QED) is 0.897. The summed E-state index contributed by atoms with van der Waals surface area (Å²) in [6.07, 6.45) is 2.87. The van der Waals surface area contributed by atoms with Gasteiger partial charge < -0.3 is 10.4 Å². The van der Waals surface area contributed by atoms with Crippen molar-refractivity contribution >= 4 is 22.0 Å². The number of carbonyl (C=O) groups is 1. The molecule has 1 amide bonds. The Bertz CT molecular complexity index is 418. The summed E-state index contributed by atoms with van der Waals surface area (Å²) in [6.45, 7) is 1.95.